The fourth-order valence-electron chi connectivity index (χ4n) is 3.24. The molecule has 0 radical (unpaired) electrons. The molecule has 0 saturated heterocycles. The second-order valence-corrected chi connectivity index (χ2v) is 6.90. The molecule has 1 aromatic heterocycles. The first-order valence-electron chi connectivity index (χ1n) is 9.33. The standard InChI is InChI=1S/C22H21NO6/c1-13-9-21(25)29-22-14(2)17(8-7-16(13)22)27-12-20(24)23-10-15-11-26-18-5-3-4-6-19(18)28-15/h3-9,15H,10-12H2,1-2H3,(H,23,24). The highest BCUT2D eigenvalue weighted by Crippen LogP contribution is 2.31. The molecule has 4 rings (SSSR count). The predicted molar refractivity (Wildman–Crippen MR) is 107 cm³/mol. The fraction of sp³-hybridized carbons (Fsp3) is 0.273. The molecule has 1 atom stereocenters. The Bertz CT molecular complexity index is 1120. The number of hydrogen-bond donors (Lipinski definition) is 1. The van der Waals surface area contributed by atoms with Gasteiger partial charge in [-0.2, -0.15) is 0 Å². The largest absolute Gasteiger partial charge is 0.486 e. The van der Waals surface area contributed by atoms with Gasteiger partial charge in [-0.15, -0.1) is 0 Å². The molecule has 0 aliphatic carbocycles. The Kier molecular flexibility index (Phi) is 5.12. The minimum Gasteiger partial charge on any atom is -0.486 e. The number of hydrogen-bond acceptors (Lipinski definition) is 6. The predicted octanol–water partition coefficient (Wildman–Crippen LogP) is 2.74. The third kappa shape index (κ3) is 4.03. The second-order valence-electron chi connectivity index (χ2n) is 6.90. The number of aryl methyl sites for hydroxylation is 2. The molecule has 7 nitrogen and oxygen atoms in total. The van der Waals surface area contributed by atoms with Crippen molar-refractivity contribution in [2.24, 2.45) is 0 Å². The Morgan fingerprint density at radius 1 is 1.17 bits per heavy atom. The van der Waals surface area contributed by atoms with Crippen LogP contribution >= 0.6 is 0 Å². The van der Waals surface area contributed by atoms with Crippen molar-refractivity contribution >= 4 is 16.9 Å². The summed E-state index contributed by atoms with van der Waals surface area (Å²) in [5.74, 6) is 1.58. The van der Waals surface area contributed by atoms with Crippen LogP contribution in [0.15, 0.2) is 51.7 Å². The molecule has 7 heteroatoms. The maximum Gasteiger partial charge on any atom is 0.336 e. The van der Waals surface area contributed by atoms with Gasteiger partial charge in [0, 0.05) is 17.0 Å². The third-order valence-corrected chi connectivity index (χ3v) is 4.77. The Hall–Kier alpha value is -3.48. The van der Waals surface area contributed by atoms with E-state index in [0.717, 1.165) is 10.9 Å². The molecule has 2 heterocycles. The Labute approximate surface area is 167 Å². The zero-order valence-electron chi connectivity index (χ0n) is 16.2. The van der Waals surface area contributed by atoms with Gasteiger partial charge in [-0.25, -0.2) is 4.79 Å². The van der Waals surface area contributed by atoms with Crippen molar-refractivity contribution < 1.29 is 23.4 Å². The summed E-state index contributed by atoms with van der Waals surface area (Å²) in [7, 11) is 0. The highest BCUT2D eigenvalue weighted by Gasteiger charge is 2.21. The van der Waals surface area contributed by atoms with Crippen LogP contribution in [-0.4, -0.2) is 31.8 Å². The van der Waals surface area contributed by atoms with Crippen LogP contribution in [0.4, 0.5) is 0 Å². The smallest absolute Gasteiger partial charge is 0.336 e. The summed E-state index contributed by atoms with van der Waals surface area (Å²) in [4.78, 5) is 23.8. The van der Waals surface area contributed by atoms with Crippen molar-refractivity contribution in [1.29, 1.82) is 0 Å². The quantitative estimate of drug-likeness (QED) is 0.669. The van der Waals surface area contributed by atoms with E-state index in [1.165, 1.54) is 6.07 Å². The number of benzene rings is 2. The third-order valence-electron chi connectivity index (χ3n) is 4.77. The van der Waals surface area contributed by atoms with Crippen molar-refractivity contribution in [1.82, 2.24) is 5.32 Å². The topological polar surface area (TPSA) is 87.0 Å². The fourth-order valence-corrected chi connectivity index (χ4v) is 3.24. The lowest BCUT2D eigenvalue weighted by atomic mass is 10.1. The molecule has 0 saturated carbocycles. The molecule has 0 spiro atoms. The van der Waals surface area contributed by atoms with E-state index in [9.17, 15) is 9.59 Å². The maximum absolute atomic E-state index is 12.2. The molecule has 2 aromatic carbocycles. The number of fused-ring (bicyclic) bond motifs is 2. The van der Waals surface area contributed by atoms with Crippen molar-refractivity contribution in [2.45, 2.75) is 20.0 Å². The molecule has 150 valence electrons. The Balaban J connectivity index is 1.34. The molecule has 1 aliphatic rings. The molecule has 1 amide bonds. The second kappa shape index (κ2) is 7.87. The summed E-state index contributed by atoms with van der Waals surface area (Å²) in [6.45, 7) is 4.15. The van der Waals surface area contributed by atoms with Crippen LogP contribution in [-0.2, 0) is 4.79 Å². The number of rotatable bonds is 5. The highest BCUT2D eigenvalue weighted by atomic mass is 16.6. The van der Waals surface area contributed by atoms with Crippen molar-refractivity contribution in [3.8, 4) is 17.2 Å². The van der Waals surface area contributed by atoms with Gasteiger partial charge in [0.2, 0.25) is 0 Å². The van der Waals surface area contributed by atoms with E-state index in [-0.39, 0.29) is 18.6 Å². The van der Waals surface area contributed by atoms with Gasteiger partial charge in [0.1, 0.15) is 24.0 Å². The van der Waals surface area contributed by atoms with Gasteiger partial charge in [-0.05, 0) is 43.7 Å². The van der Waals surface area contributed by atoms with Gasteiger partial charge >= 0.3 is 5.63 Å². The molecule has 3 aromatic rings. The van der Waals surface area contributed by atoms with E-state index >= 15 is 0 Å². The van der Waals surface area contributed by atoms with Gasteiger partial charge in [-0.3, -0.25) is 4.79 Å². The monoisotopic (exact) mass is 395 g/mol. The average molecular weight is 395 g/mol. The molecule has 1 unspecified atom stereocenters. The Morgan fingerprint density at radius 2 is 1.97 bits per heavy atom. The van der Waals surface area contributed by atoms with Crippen molar-refractivity contribution in [3.05, 3.63) is 64.0 Å². The Morgan fingerprint density at radius 3 is 2.79 bits per heavy atom. The molecular formula is C22H21NO6. The highest BCUT2D eigenvalue weighted by molar-refractivity contribution is 5.85. The number of para-hydroxylation sites is 2. The molecule has 0 fully saturated rings. The lowest BCUT2D eigenvalue weighted by molar-refractivity contribution is -0.123. The van der Waals surface area contributed by atoms with E-state index in [2.05, 4.69) is 5.32 Å². The first-order valence-corrected chi connectivity index (χ1v) is 9.33. The molecule has 29 heavy (non-hydrogen) atoms. The number of amides is 1. The SMILES string of the molecule is Cc1cc(=O)oc2c(C)c(OCC(=O)NCC3COc4ccccc4O3)ccc12. The summed E-state index contributed by atoms with van der Waals surface area (Å²) in [5, 5.41) is 3.63. The van der Waals surface area contributed by atoms with Gasteiger partial charge in [0.05, 0.1) is 6.54 Å². The first kappa shape index (κ1) is 18.9. The van der Waals surface area contributed by atoms with Gasteiger partial charge in [-0.1, -0.05) is 12.1 Å². The van der Waals surface area contributed by atoms with Gasteiger partial charge in [0.25, 0.3) is 5.91 Å². The van der Waals surface area contributed by atoms with Crippen LogP contribution in [0, 0.1) is 13.8 Å². The number of carbonyl (C=O) groups excluding carboxylic acids is 1. The first-order chi connectivity index (χ1) is 14.0. The van der Waals surface area contributed by atoms with Crippen LogP contribution in [0.3, 0.4) is 0 Å². The van der Waals surface area contributed by atoms with Crippen molar-refractivity contribution in [3.63, 3.8) is 0 Å². The maximum atomic E-state index is 12.2. The van der Waals surface area contributed by atoms with Crippen LogP contribution in [0.2, 0.25) is 0 Å². The van der Waals surface area contributed by atoms with E-state index in [4.69, 9.17) is 18.6 Å². The minimum atomic E-state index is -0.413. The number of nitrogens with one attached hydrogen (secondary N) is 1. The number of ether oxygens (including phenoxy) is 3. The zero-order chi connectivity index (χ0) is 20.4. The van der Waals surface area contributed by atoms with E-state index in [1.54, 1.807) is 13.0 Å². The summed E-state index contributed by atoms with van der Waals surface area (Å²) in [5.41, 5.74) is 1.57. The van der Waals surface area contributed by atoms with Crippen LogP contribution in [0.1, 0.15) is 11.1 Å². The van der Waals surface area contributed by atoms with Crippen molar-refractivity contribution in [2.75, 3.05) is 19.8 Å². The molecular weight excluding hydrogens is 374 g/mol. The summed E-state index contributed by atoms with van der Waals surface area (Å²) >= 11 is 0. The van der Waals surface area contributed by atoms with Crippen LogP contribution in [0.25, 0.3) is 11.0 Å². The zero-order valence-corrected chi connectivity index (χ0v) is 16.2. The summed E-state index contributed by atoms with van der Waals surface area (Å²) in [6.07, 6.45) is -0.270. The number of carbonyl (C=O) groups is 1. The average Bonchev–Trinajstić information content (AvgIpc) is 2.72. The summed E-state index contributed by atoms with van der Waals surface area (Å²) < 4.78 is 22.4. The normalized spacial score (nSPS) is 15.2. The molecule has 1 N–H and O–H groups in total. The lowest BCUT2D eigenvalue weighted by Crippen LogP contribution is -2.42. The van der Waals surface area contributed by atoms with Gasteiger partial charge < -0.3 is 23.9 Å². The van der Waals surface area contributed by atoms with Crippen LogP contribution in [0.5, 0.6) is 17.2 Å². The summed E-state index contributed by atoms with van der Waals surface area (Å²) in [6, 6.07) is 12.5. The van der Waals surface area contributed by atoms with E-state index in [1.807, 2.05) is 37.3 Å². The minimum absolute atomic E-state index is 0.160. The lowest BCUT2D eigenvalue weighted by Gasteiger charge is -2.26. The van der Waals surface area contributed by atoms with Gasteiger partial charge in [0.15, 0.2) is 18.1 Å². The van der Waals surface area contributed by atoms with Crippen LogP contribution < -0.4 is 25.2 Å². The molecule has 1 aliphatic heterocycles. The van der Waals surface area contributed by atoms with E-state index in [0.29, 0.717) is 41.5 Å². The van der Waals surface area contributed by atoms with E-state index < -0.39 is 5.63 Å². The molecule has 0 bridgehead atoms.